The third kappa shape index (κ3) is 2.06. The summed E-state index contributed by atoms with van der Waals surface area (Å²) in [6.45, 7) is 0. The van der Waals surface area contributed by atoms with Crippen LogP contribution < -0.4 is 10.5 Å². The van der Waals surface area contributed by atoms with Gasteiger partial charge in [0.25, 0.3) is 10.0 Å². The molecule has 0 bridgehead atoms. The Morgan fingerprint density at radius 1 is 1.56 bits per heavy atom. The van der Waals surface area contributed by atoms with E-state index in [2.05, 4.69) is 30.8 Å². The lowest BCUT2D eigenvalue weighted by molar-refractivity contribution is 0.602. The van der Waals surface area contributed by atoms with E-state index in [-0.39, 0.29) is 15.7 Å². The summed E-state index contributed by atoms with van der Waals surface area (Å²) in [7, 11) is -3.62. The molecule has 0 fully saturated rings. The quantitative estimate of drug-likeness (QED) is 0.799. The summed E-state index contributed by atoms with van der Waals surface area (Å²) in [6, 6.07) is 1.66. The Labute approximate surface area is 104 Å². The third-order valence-corrected chi connectivity index (χ3v) is 5.75. The summed E-state index contributed by atoms with van der Waals surface area (Å²) in [4.78, 5) is 0. The number of nitrogens with two attached hydrogens (primary N) is 1. The van der Waals surface area contributed by atoms with Gasteiger partial charge in [-0.1, -0.05) is 0 Å². The topological polar surface area (TPSA) is 101 Å². The Morgan fingerprint density at radius 3 is 2.81 bits per heavy atom. The van der Waals surface area contributed by atoms with Crippen LogP contribution in [0.3, 0.4) is 0 Å². The number of aromatic nitrogens is 2. The maximum absolute atomic E-state index is 11.9. The fraction of sp³-hybridized carbons (Fsp3) is 0. The van der Waals surface area contributed by atoms with Gasteiger partial charge in [-0.25, -0.2) is 8.42 Å². The Balaban J connectivity index is 2.36. The smallest absolute Gasteiger partial charge is 0.273 e. The van der Waals surface area contributed by atoms with Gasteiger partial charge in [0.1, 0.15) is 0 Å². The summed E-state index contributed by atoms with van der Waals surface area (Å²) >= 11 is 4.27. The van der Waals surface area contributed by atoms with Crippen LogP contribution in [0.4, 0.5) is 11.5 Å². The number of sulfonamides is 1. The molecule has 0 aromatic carbocycles. The lowest BCUT2D eigenvalue weighted by Gasteiger charge is -2.04. The van der Waals surface area contributed by atoms with Crippen molar-refractivity contribution >= 4 is 48.8 Å². The number of H-pyrrole nitrogens is 1. The molecule has 6 nitrogen and oxygen atoms in total. The van der Waals surface area contributed by atoms with Crippen LogP contribution in [0.1, 0.15) is 0 Å². The van der Waals surface area contributed by atoms with Gasteiger partial charge >= 0.3 is 0 Å². The first-order chi connectivity index (χ1) is 7.50. The van der Waals surface area contributed by atoms with Crippen LogP contribution in [0.2, 0.25) is 0 Å². The van der Waals surface area contributed by atoms with E-state index in [9.17, 15) is 8.42 Å². The second-order valence-corrected chi connectivity index (χ2v) is 6.51. The van der Waals surface area contributed by atoms with E-state index < -0.39 is 10.0 Å². The van der Waals surface area contributed by atoms with Gasteiger partial charge in [0, 0.05) is 4.47 Å². The standard InChI is InChI=1S/C7H7BrN4O2S2/c8-4-1-2-15-7(4)16(13,14)12-6-5(9)3-10-11-6/h1-3H,9H2,(H2,10,11,12). The largest absolute Gasteiger partial charge is 0.394 e. The van der Waals surface area contributed by atoms with Crippen molar-refractivity contribution in [3.63, 3.8) is 0 Å². The highest BCUT2D eigenvalue weighted by Gasteiger charge is 2.20. The zero-order chi connectivity index (χ0) is 11.8. The van der Waals surface area contributed by atoms with Crippen molar-refractivity contribution in [3.8, 4) is 0 Å². The molecule has 0 aliphatic carbocycles. The maximum Gasteiger partial charge on any atom is 0.273 e. The maximum atomic E-state index is 11.9. The highest BCUT2D eigenvalue weighted by Crippen LogP contribution is 2.29. The number of nitrogen functional groups attached to an aromatic ring is 1. The zero-order valence-corrected chi connectivity index (χ0v) is 11.0. The molecular weight excluding hydrogens is 316 g/mol. The van der Waals surface area contributed by atoms with Crippen LogP contribution in [-0.2, 0) is 10.0 Å². The first-order valence-corrected chi connectivity index (χ1v) is 7.21. The van der Waals surface area contributed by atoms with Gasteiger partial charge in [0.15, 0.2) is 10.0 Å². The average Bonchev–Trinajstić information content (AvgIpc) is 2.76. The minimum atomic E-state index is -3.62. The predicted molar refractivity (Wildman–Crippen MR) is 65.8 cm³/mol. The van der Waals surface area contributed by atoms with Crippen LogP contribution in [0.15, 0.2) is 26.3 Å². The molecule has 4 N–H and O–H groups in total. The van der Waals surface area contributed by atoms with Gasteiger partial charge in [0.05, 0.1) is 11.9 Å². The number of rotatable bonds is 3. The van der Waals surface area contributed by atoms with Gasteiger partial charge in [0.2, 0.25) is 0 Å². The summed E-state index contributed by atoms with van der Waals surface area (Å²) in [5.74, 6) is 0.167. The molecule has 9 heteroatoms. The van der Waals surface area contributed by atoms with Gasteiger partial charge in [-0.2, -0.15) is 5.10 Å². The van der Waals surface area contributed by atoms with Gasteiger partial charge in [-0.3, -0.25) is 9.82 Å². The molecule has 0 aliphatic heterocycles. The van der Waals surface area contributed by atoms with Crippen LogP contribution in [0, 0.1) is 0 Å². The molecule has 0 amide bonds. The summed E-state index contributed by atoms with van der Waals surface area (Å²) in [5, 5.41) is 7.77. The predicted octanol–water partition coefficient (Wildman–Crippen LogP) is 1.62. The highest BCUT2D eigenvalue weighted by atomic mass is 79.9. The van der Waals surface area contributed by atoms with Gasteiger partial charge < -0.3 is 5.73 Å². The minimum absolute atomic E-state index is 0.167. The second kappa shape index (κ2) is 4.07. The summed E-state index contributed by atoms with van der Waals surface area (Å²) in [5.41, 5.74) is 5.76. The lowest BCUT2D eigenvalue weighted by atomic mass is 10.6. The highest BCUT2D eigenvalue weighted by molar-refractivity contribution is 9.10. The van der Waals surface area contributed by atoms with Crippen LogP contribution in [0.5, 0.6) is 0 Å². The van der Waals surface area contributed by atoms with Crippen molar-refractivity contribution in [2.75, 3.05) is 10.5 Å². The Kier molecular flexibility index (Phi) is 2.91. The average molecular weight is 323 g/mol. The monoisotopic (exact) mass is 322 g/mol. The molecule has 0 atom stereocenters. The van der Waals surface area contributed by atoms with E-state index in [4.69, 9.17) is 5.73 Å². The van der Waals surface area contributed by atoms with Crippen molar-refractivity contribution in [2.24, 2.45) is 0 Å². The van der Waals surface area contributed by atoms with Crippen molar-refractivity contribution in [2.45, 2.75) is 4.21 Å². The van der Waals surface area contributed by atoms with Crippen molar-refractivity contribution in [1.29, 1.82) is 0 Å². The second-order valence-electron chi connectivity index (χ2n) is 2.86. The number of nitrogens with zero attached hydrogens (tertiary/aromatic N) is 1. The first kappa shape index (κ1) is 11.4. The lowest BCUT2D eigenvalue weighted by Crippen LogP contribution is -2.13. The number of hydrogen-bond donors (Lipinski definition) is 3. The number of halogens is 1. The van der Waals surface area contributed by atoms with E-state index in [0.717, 1.165) is 11.3 Å². The molecule has 0 unspecified atom stereocenters. The van der Waals surface area contributed by atoms with Crippen molar-refractivity contribution in [3.05, 3.63) is 22.1 Å². The summed E-state index contributed by atoms with van der Waals surface area (Å²) < 4.78 is 26.8. The number of aromatic amines is 1. The summed E-state index contributed by atoms with van der Waals surface area (Å²) in [6.07, 6.45) is 1.33. The Morgan fingerprint density at radius 2 is 2.31 bits per heavy atom. The third-order valence-electron chi connectivity index (χ3n) is 1.73. The molecule has 2 aromatic heterocycles. The molecule has 86 valence electrons. The number of nitrogens with one attached hydrogen (secondary N) is 2. The minimum Gasteiger partial charge on any atom is -0.394 e. The molecule has 0 aliphatic rings. The number of thiophene rings is 1. The van der Waals surface area contributed by atoms with Crippen molar-refractivity contribution < 1.29 is 8.42 Å². The number of anilines is 2. The zero-order valence-electron chi connectivity index (χ0n) is 7.77. The molecule has 2 heterocycles. The van der Waals surface area contributed by atoms with E-state index >= 15 is 0 Å². The molecule has 2 aromatic rings. The van der Waals surface area contributed by atoms with E-state index in [1.165, 1.54) is 6.20 Å². The molecular formula is C7H7BrN4O2S2. The molecule has 0 radical (unpaired) electrons. The van der Waals surface area contributed by atoms with Crippen LogP contribution >= 0.6 is 27.3 Å². The fourth-order valence-corrected chi connectivity index (χ4v) is 4.41. The first-order valence-electron chi connectivity index (χ1n) is 4.05. The Bertz CT molecular complexity index is 603. The van der Waals surface area contributed by atoms with E-state index in [0.29, 0.717) is 4.47 Å². The fourth-order valence-electron chi connectivity index (χ4n) is 1.03. The molecule has 16 heavy (non-hydrogen) atoms. The normalized spacial score (nSPS) is 11.6. The van der Waals surface area contributed by atoms with Gasteiger partial charge in [-0.15, -0.1) is 11.3 Å². The number of hydrogen-bond acceptors (Lipinski definition) is 5. The Hall–Kier alpha value is -1.06. The molecule has 0 saturated carbocycles. The van der Waals surface area contributed by atoms with E-state index in [1.54, 1.807) is 11.4 Å². The molecule has 0 saturated heterocycles. The van der Waals surface area contributed by atoms with Crippen LogP contribution in [-0.4, -0.2) is 18.6 Å². The molecule has 0 spiro atoms. The SMILES string of the molecule is Nc1cn[nH]c1NS(=O)(=O)c1sccc1Br. The molecule has 2 rings (SSSR count). The van der Waals surface area contributed by atoms with Crippen molar-refractivity contribution in [1.82, 2.24) is 10.2 Å². The van der Waals surface area contributed by atoms with Crippen LogP contribution in [0.25, 0.3) is 0 Å². The van der Waals surface area contributed by atoms with E-state index in [1.807, 2.05) is 0 Å². The van der Waals surface area contributed by atoms with Gasteiger partial charge in [-0.05, 0) is 27.4 Å².